The molecule has 110 valence electrons. The highest BCUT2D eigenvalue weighted by Crippen LogP contribution is 2.26. The Morgan fingerprint density at radius 1 is 1.33 bits per heavy atom. The summed E-state index contributed by atoms with van der Waals surface area (Å²) in [4.78, 5) is 14.7. The number of pyridine rings is 1. The van der Waals surface area contributed by atoms with Gasteiger partial charge < -0.3 is 10.1 Å². The van der Waals surface area contributed by atoms with Crippen LogP contribution in [0, 0.1) is 10.1 Å². The van der Waals surface area contributed by atoms with Gasteiger partial charge in [-0.3, -0.25) is 15.1 Å². The van der Waals surface area contributed by atoms with Gasteiger partial charge in [-0.25, -0.2) is 0 Å². The molecule has 1 aromatic carbocycles. The van der Waals surface area contributed by atoms with E-state index in [-0.39, 0.29) is 5.69 Å². The second-order valence-corrected chi connectivity index (χ2v) is 4.42. The predicted octanol–water partition coefficient (Wildman–Crippen LogP) is 3.04. The summed E-state index contributed by atoms with van der Waals surface area (Å²) in [7, 11) is 0. The van der Waals surface area contributed by atoms with E-state index >= 15 is 0 Å². The lowest BCUT2D eigenvalue weighted by Gasteiger charge is -2.09. The van der Waals surface area contributed by atoms with Crippen LogP contribution < -0.4 is 10.1 Å². The molecular formula is C15H17N3O3. The number of nitrogens with one attached hydrogen (secondary N) is 1. The van der Waals surface area contributed by atoms with Gasteiger partial charge in [0.05, 0.1) is 17.6 Å². The summed E-state index contributed by atoms with van der Waals surface area (Å²) in [6.07, 6.45) is 2.38. The first kappa shape index (κ1) is 14.8. The van der Waals surface area contributed by atoms with E-state index in [1.165, 1.54) is 12.1 Å². The number of rotatable bonds is 7. The molecule has 0 aliphatic rings. The number of nitro benzene ring substituents is 1. The lowest BCUT2D eigenvalue weighted by molar-refractivity contribution is -0.384. The molecule has 2 rings (SSSR count). The van der Waals surface area contributed by atoms with Crippen molar-refractivity contribution in [3.05, 3.63) is 58.4 Å². The average molecular weight is 287 g/mol. The lowest BCUT2D eigenvalue weighted by Crippen LogP contribution is -2.04. The zero-order valence-electron chi connectivity index (χ0n) is 11.8. The number of benzene rings is 1. The van der Waals surface area contributed by atoms with Crippen molar-refractivity contribution in [2.45, 2.75) is 13.3 Å². The highest BCUT2D eigenvalue weighted by Gasteiger charge is 2.10. The van der Waals surface area contributed by atoms with Gasteiger partial charge in [0.2, 0.25) is 0 Å². The number of nitrogens with zero attached hydrogens (tertiary/aromatic N) is 2. The minimum absolute atomic E-state index is 0.0151. The maximum atomic E-state index is 10.9. The maximum absolute atomic E-state index is 10.9. The molecule has 0 aliphatic heterocycles. The lowest BCUT2D eigenvalue weighted by atomic mass is 10.2. The number of aromatic nitrogens is 1. The molecule has 21 heavy (non-hydrogen) atoms. The largest absolute Gasteiger partial charge is 0.493 e. The van der Waals surface area contributed by atoms with Crippen LogP contribution in [0.5, 0.6) is 5.75 Å². The van der Waals surface area contributed by atoms with Crippen LogP contribution in [0.1, 0.15) is 12.6 Å². The van der Waals surface area contributed by atoms with Gasteiger partial charge in [0, 0.05) is 42.7 Å². The molecule has 1 aromatic heterocycles. The molecule has 0 saturated carbocycles. The van der Waals surface area contributed by atoms with Gasteiger partial charge in [-0.05, 0) is 19.1 Å². The third kappa shape index (κ3) is 4.45. The number of ether oxygens (including phenoxy) is 1. The van der Waals surface area contributed by atoms with E-state index in [0.717, 1.165) is 5.69 Å². The molecule has 0 saturated heterocycles. The molecule has 0 aliphatic carbocycles. The van der Waals surface area contributed by atoms with Crippen LogP contribution in [0.2, 0.25) is 0 Å². The fraction of sp³-hybridized carbons (Fsp3) is 0.267. The van der Waals surface area contributed by atoms with Crippen LogP contribution in [0.4, 0.5) is 11.4 Å². The Kier molecular flexibility index (Phi) is 5.09. The number of hydrogen-bond acceptors (Lipinski definition) is 5. The van der Waals surface area contributed by atoms with Crippen LogP contribution in [0.25, 0.3) is 0 Å². The summed E-state index contributed by atoms with van der Waals surface area (Å²) >= 11 is 0. The van der Waals surface area contributed by atoms with Gasteiger partial charge in [-0.2, -0.15) is 0 Å². The van der Waals surface area contributed by atoms with Crippen molar-refractivity contribution in [1.29, 1.82) is 0 Å². The topological polar surface area (TPSA) is 77.3 Å². The molecule has 0 unspecified atom stereocenters. The fourth-order valence-electron chi connectivity index (χ4n) is 1.90. The Balaban J connectivity index is 2.03. The van der Waals surface area contributed by atoms with Gasteiger partial charge in [-0.1, -0.05) is 6.07 Å². The quantitative estimate of drug-likeness (QED) is 0.625. The van der Waals surface area contributed by atoms with Gasteiger partial charge in [-0.15, -0.1) is 0 Å². The van der Waals surface area contributed by atoms with Gasteiger partial charge in [0.25, 0.3) is 5.69 Å². The predicted molar refractivity (Wildman–Crippen MR) is 80.7 cm³/mol. The van der Waals surface area contributed by atoms with Crippen molar-refractivity contribution < 1.29 is 9.66 Å². The highest BCUT2D eigenvalue weighted by atomic mass is 16.6. The second kappa shape index (κ2) is 7.23. The van der Waals surface area contributed by atoms with Crippen molar-refractivity contribution in [1.82, 2.24) is 4.98 Å². The Bertz CT molecular complexity index is 602. The zero-order valence-corrected chi connectivity index (χ0v) is 11.8. The summed E-state index contributed by atoms with van der Waals surface area (Å²) < 4.78 is 5.60. The summed E-state index contributed by atoms with van der Waals surface area (Å²) in [5.74, 6) is 0.482. The molecule has 0 amide bonds. The normalized spacial score (nSPS) is 10.1. The summed E-state index contributed by atoms with van der Waals surface area (Å²) in [6, 6.07) is 10.4. The fourth-order valence-corrected chi connectivity index (χ4v) is 1.90. The summed E-state index contributed by atoms with van der Waals surface area (Å²) in [5, 5.41) is 14.0. The maximum Gasteiger partial charge on any atom is 0.275 e. The number of hydrogen-bond donors (Lipinski definition) is 1. The summed E-state index contributed by atoms with van der Waals surface area (Å²) in [6.45, 7) is 3.04. The van der Waals surface area contributed by atoms with E-state index in [1.807, 2.05) is 25.1 Å². The first-order valence-electron chi connectivity index (χ1n) is 6.75. The van der Waals surface area contributed by atoms with Gasteiger partial charge in [0.15, 0.2) is 0 Å². The standard InChI is InChI=1S/C15H17N3O3/c1-2-16-13-9-14(18(19)20)11-15(10-13)21-8-6-12-5-3-4-7-17-12/h3-5,7,9-11,16H,2,6,8H2,1H3. The van der Waals surface area contributed by atoms with Crippen LogP contribution in [0.15, 0.2) is 42.6 Å². The van der Waals surface area contributed by atoms with Crippen molar-refractivity contribution in [2.75, 3.05) is 18.5 Å². The number of anilines is 1. The smallest absolute Gasteiger partial charge is 0.275 e. The van der Waals surface area contributed by atoms with Crippen molar-refractivity contribution in [3.8, 4) is 5.75 Å². The average Bonchev–Trinajstić information content (AvgIpc) is 2.48. The molecule has 6 nitrogen and oxygen atoms in total. The zero-order chi connectivity index (χ0) is 15.1. The molecule has 1 N–H and O–H groups in total. The van der Waals surface area contributed by atoms with E-state index in [9.17, 15) is 10.1 Å². The highest BCUT2D eigenvalue weighted by molar-refractivity contribution is 5.56. The van der Waals surface area contributed by atoms with E-state index in [2.05, 4.69) is 10.3 Å². The van der Waals surface area contributed by atoms with Crippen molar-refractivity contribution in [2.24, 2.45) is 0 Å². The van der Waals surface area contributed by atoms with Crippen LogP contribution in [-0.2, 0) is 6.42 Å². The number of nitro groups is 1. The van der Waals surface area contributed by atoms with Crippen LogP contribution in [0.3, 0.4) is 0 Å². The summed E-state index contributed by atoms with van der Waals surface area (Å²) in [5.41, 5.74) is 1.62. The third-order valence-electron chi connectivity index (χ3n) is 2.84. The molecule has 6 heteroatoms. The van der Waals surface area contributed by atoms with E-state index in [4.69, 9.17) is 4.74 Å². The first-order valence-corrected chi connectivity index (χ1v) is 6.75. The van der Waals surface area contributed by atoms with Crippen LogP contribution >= 0.6 is 0 Å². The van der Waals surface area contributed by atoms with Gasteiger partial charge in [0.1, 0.15) is 5.75 Å². The number of non-ortho nitro benzene ring substituents is 1. The molecule has 0 fully saturated rings. The van der Waals surface area contributed by atoms with Crippen molar-refractivity contribution >= 4 is 11.4 Å². The Morgan fingerprint density at radius 3 is 2.86 bits per heavy atom. The SMILES string of the molecule is CCNc1cc(OCCc2ccccn2)cc([N+](=O)[O-])c1. The van der Waals surface area contributed by atoms with E-state index in [0.29, 0.717) is 31.0 Å². The molecule has 2 aromatic rings. The molecule has 1 heterocycles. The molecule has 0 radical (unpaired) electrons. The molecular weight excluding hydrogens is 270 g/mol. The molecule has 0 bridgehead atoms. The van der Waals surface area contributed by atoms with E-state index < -0.39 is 4.92 Å². The van der Waals surface area contributed by atoms with E-state index in [1.54, 1.807) is 12.3 Å². The molecule has 0 spiro atoms. The minimum atomic E-state index is -0.424. The Morgan fingerprint density at radius 2 is 2.19 bits per heavy atom. The Labute approximate surface area is 122 Å². The van der Waals surface area contributed by atoms with Crippen LogP contribution in [-0.4, -0.2) is 23.1 Å². The first-order chi connectivity index (χ1) is 10.2. The second-order valence-electron chi connectivity index (χ2n) is 4.42. The monoisotopic (exact) mass is 287 g/mol. The van der Waals surface area contributed by atoms with Crippen molar-refractivity contribution in [3.63, 3.8) is 0 Å². The third-order valence-corrected chi connectivity index (χ3v) is 2.84. The van der Waals surface area contributed by atoms with Gasteiger partial charge >= 0.3 is 0 Å². The molecule has 0 atom stereocenters. The minimum Gasteiger partial charge on any atom is -0.493 e. The Hall–Kier alpha value is -2.63.